The van der Waals surface area contributed by atoms with E-state index in [0.717, 1.165) is 21.7 Å². The molecule has 160 valence electrons. The van der Waals surface area contributed by atoms with E-state index < -0.39 is 22.5 Å². The topological polar surface area (TPSA) is 108 Å². The first kappa shape index (κ1) is 23.1. The van der Waals surface area contributed by atoms with Crippen molar-refractivity contribution in [2.75, 3.05) is 22.4 Å². The number of hydrazone groups is 1. The molecule has 0 saturated carbocycles. The zero-order valence-corrected chi connectivity index (χ0v) is 18.5. The second-order valence-electron chi connectivity index (χ2n) is 7.00. The minimum absolute atomic E-state index is 0.192. The van der Waals surface area contributed by atoms with Gasteiger partial charge in [-0.2, -0.15) is 5.10 Å². The van der Waals surface area contributed by atoms with Gasteiger partial charge in [0.2, 0.25) is 15.9 Å². The van der Waals surface area contributed by atoms with Crippen LogP contribution in [0.25, 0.3) is 0 Å². The lowest BCUT2D eigenvalue weighted by atomic mass is 10.1. The molecule has 8 nitrogen and oxygen atoms in total. The molecule has 0 heterocycles. The summed E-state index contributed by atoms with van der Waals surface area (Å²) in [5.41, 5.74) is 6.22. The van der Waals surface area contributed by atoms with Gasteiger partial charge in [0.25, 0.3) is 5.91 Å². The lowest BCUT2D eigenvalue weighted by Crippen LogP contribution is -2.40. The highest BCUT2D eigenvalue weighted by Crippen LogP contribution is 2.26. The van der Waals surface area contributed by atoms with E-state index in [1.54, 1.807) is 57.2 Å². The molecule has 2 aromatic carbocycles. The number of carbonyl (C=O) groups is 2. The molecular formula is C21H26N4O4S. The van der Waals surface area contributed by atoms with Crippen LogP contribution in [0.1, 0.15) is 30.5 Å². The molecule has 2 rings (SSSR count). The lowest BCUT2D eigenvalue weighted by Gasteiger charge is -2.25. The summed E-state index contributed by atoms with van der Waals surface area (Å²) in [6.45, 7) is 6.31. The van der Waals surface area contributed by atoms with Crippen LogP contribution in [-0.2, 0) is 19.6 Å². The van der Waals surface area contributed by atoms with Gasteiger partial charge in [-0.25, -0.2) is 13.8 Å². The third-order valence-corrected chi connectivity index (χ3v) is 5.44. The normalized spacial score (nSPS) is 11.7. The van der Waals surface area contributed by atoms with Gasteiger partial charge in [0.15, 0.2) is 0 Å². The van der Waals surface area contributed by atoms with E-state index in [1.165, 1.54) is 6.92 Å². The first-order valence-electron chi connectivity index (χ1n) is 9.24. The van der Waals surface area contributed by atoms with E-state index in [-0.39, 0.29) is 5.91 Å². The molecule has 9 heteroatoms. The van der Waals surface area contributed by atoms with Crippen molar-refractivity contribution in [1.29, 1.82) is 0 Å². The van der Waals surface area contributed by atoms with Gasteiger partial charge in [0.1, 0.15) is 6.54 Å². The Balaban J connectivity index is 2.19. The number of nitrogens with one attached hydrogen (secondary N) is 2. The summed E-state index contributed by atoms with van der Waals surface area (Å²) in [6.07, 6.45) is 1.06. The van der Waals surface area contributed by atoms with Crippen LogP contribution < -0.4 is 15.0 Å². The second kappa shape index (κ2) is 9.53. The molecule has 0 aromatic heterocycles. The van der Waals surface area contributed by atoms with Gasteiger partial charge < -0.3 is 5.32 Å². The maximum absolute atomic E-state index is 12.5. The molecule has 0 saturated heterocycles. The van der Waals surface area contributed by atoms with Crippen molar-refractivity contribution in [3.8, 4) is 0 Å². The Hall–Kier alpha value is -3.20. The van der Waals surface area contributed by atoms with Gasteiger partial charge >= 0.3 is 0 Å². The van der Waals surface area contributed by atoms with Gasteiger partial charge in [-0.15, -0.1) is 0 Å². The number of carbonyl (C=O) groups excluding carboxylic acids is 2. The lowest BCUT2D eigenvalue weighted by molar-refractivity contribution is -0.119. The summed E-state index contributed by atoms with van der Waals surface area (Å²) in [5.74, 6) is -0.761. The average molecular weight is 431 g/mol. The molecule has 2 aromatic rings. The Labute approximate surface area is 177 Å². The van der Waals surface area contributed by atoms with Gasteiger partial charge in [-0.05, 0) is 49.6 Å². The van der Waals surface area contributed by atoms with E-state index in [4.69, 9.17) is 0 Å². The summed E-state index contributed by atoms with van der Waals surface area (Å²) >= 11 is 0. The second-order valence-corrected chi connectivity index (χ2v) is 8.91. The van der Waals surface area contributed by atoms with Gasteiger partial charge in [-0.3, -0.25) is 13.9 Å². The maximum atomic E-state index is 12.5. The standard InChI is InChI=1S/C21H26N4O4S/c1-14-8-6-9-15(2)21(14)25(30(5,28)29)13-20(27)24-23-16(3)18-10-7-11-19(12-18)22-17(4)26/h6-12H,13H2,1-5H3,(H,22,26)(H,24,27)/b23-16-. The number of amides is 2. The summed E-state index contributed by atoms with van der Waals surface area (Å²) in [6, 6.07) is 12.4. The molecule has 0 aliphatic heterocycles. The maximum Gasteiger partial charge on any atom is 0.260 e. The Kier molecular flexibility index (Phi) is 7.33. The molecule has 0 unspecified atom stereocenters. The van der Waals surface area contributed by atoms with Crippen LogP contribution in [0.15, 0.2) is 47.6 Å². The summed E-state index contributed by atoms with van der Waals surface area (Å²) in [4.78, 5) is 23.7. The molecule has 30 heavy (non-hydrogen) atoms. The zero-order valence-electron chi connectivity index (χ0n) is 17.7. The monoisotopic (exact) mass is 430 g/mol. The largest absolute Gasteiger partial charge is 0.326 e. The van der Waals surface area contributed by atoms with Crippen LogP contribution in [0.2, 0.25) is 0 Å². The fraction of sp³-hybridized carbons (Fsp3) is 0.286. The van der Waals surface area contributed by atoms with E-state index in [1.807, 2.05) is 6.07 Å². The van der Waals surface area contributed by atoms with Crippen molar-refractivity contribution in [1.82, 2.24) is 5.43 Å². The van der Waals surface area contributed by atoms with E-state index in [0.29, 0.717) is 22.6 Å². The van der Waals surface area contributed by atoms with Crippen molar-refractivity contribution < 1.29 is 18.0 Å². The number of nitrogens with zero attached hydrogens (tertiary/aromatic N) is 2. The quantitative estimate of drug-likeness (QED) is 0.520. The number of benzene rings is 2. The molecule has 0 aliphatic carbocycles. The first-order valence-corrected chi connectivity index (χ1v) is 11.1. The van der Waals surface area contributed by atoms with Gasteiger partial charge in [0.05, 0.1) is 17.7 Å². The fourth-order valence-electron chi connectivity index (χ4n) is 2.96. The summed E-state index contributed by atoms with van der Waals surface area (Å²) in [5, 5.41) is 6.75. The SMILES string of the molecule is CC(=O)Nc1cccc(/C(C)=N\NC(=O)CN(c2c(C)cccc2C)S(C)(=O)=O)c1. The van der Waals surface area contributed by atoms with Crippen molar-refractivity contribution in [3.63, 3.8) is 0 Å². The number of hydrogen-bond donors (Lipinski definition) is 2. The number of sulfonamides is 1. The molecule has 2 N–H and O–H groups in total. The highest BCUT2D eigenvalue weighted by Gasteiger charge is 2.23. The molecule has 0 aliphatic rings. The summed E-state index contributed by atoms with van der Waals surface area (Å²) < 4.78 is 25.7. The predicted octanol–water partition coefficient (Wildman–Crippen LogP) is 2.57. The Bertz CT molecular complexity index is 1070. The minimum Gasteiger partial charge on any atom is -0.326 e. The Morgan fingerprint density at radius 3 is 2.20 bits per heavy atom. The van der Waals surface area contributed by atoms with Crippen LogP contribution in [0.5, 0.6) is 0 Å². The van der Waals surface area contributed by atoms with Crippen LogP contribution in [-0.4, -0.2) is 38.7 Å². The third-order valence-electron chi connectivity index (χ3n) is 4.33. The third kappa shape index (κ3) is 6.15. The first-order chi connectivity index (χ1) is 14.0. The smallest absolute Gasteiger partial charge is 0.260 e. The molecule has 0 fully saturated rings. The highest BCUT2D eigenvalue weighted by molar-refractivity contribution is 7.92. The molecule has 0 spiro atoms. The average Bonchev–Trinajstić information content (AvgIpc) is 2.64. The number of rotatable bonds is 7. The number of aryl methyl sites for hydroxylation is 2. The van der Waals surface area contributed by atoms with Crippen molar-refractivity contribution in [3.05, 3.63) is 59.2 Å². The molecule has 0 atom stereocenters. The van der Waals surface area contributed by atoms with Gasteiger partial charge in [0, 0.05) is 12.6 Å². The Morgan fingerprint density at radius 2 is 1.63 bits per heavy atom. The molecule has 2 amide bonds. The van der Waals surface area contributed by atoms with Crippen molar-refractivity contribution in [2.24, 2.45) is 5.10 Å². The van der Waals surface area contributed by atoms with Crippen LogP contribution >= 0.6 is 0 Å². The van der Waals surface area contributed by atoms with E-state index in [9.17, 15) is 18.0 Å². The highest BCUT2D eigenvalue weighted by atomic mass is 32.2. The molecule has 0 radical (unpaired) electrons. The van der Waals surface area contributed by atoms with E-state index in [2.05, 4.69) is 15.8 Å². The number of para-hydroxylation sites is 1. The zero-order chi connectivity index (χ0) is 22.5. The minimum atomic E-state index is -3.68. The van der Waals surface area contributed by atoms with E-state index >= 15 is 0 Å². The fourth-order valence-corrected chi connectivity index (χ4v) is 3.93. The van der Waals surface area contributed by atoms with Crippen LogP contribution in [0.4, 0.5) is 11.4 Å². The van der Waals surface area contributed by atoms with Gasteiger partial charge in [-0.1, -0.05) is 30.3 Å². The van der Waals surface area contributed by atoms with Crippen LogP contribution in [0.3, 0.4) is 0 Å². The number of anilines is 2. The molecule has 0 bridgehead atoms. The predicted molar refractivity (Wildman–Crippen MR) is 119 cm³/mol. The molecular weight excluding hydrogens is 404 g/mol. The van der Waals surface area contributed by atoms with Crippen LogP contribution in [0, 0.1) is 13.8 Å². The van der Waals surface area contributed by atoms with Crippen molar-refractivity contribution in [2.45, 2.75) is 27.7 Å². The number of hydrogen-bond acceptors (Lipinski definition) is 5. The van der Waals surface area contributed by atoms with Crippen molar-refractivity contribution >= 4 is 38.9 Å². The summed E-state index contributed by atoms with van der Waals surface area (Å²) in [7, 11) is -3.68. The Morgan fingerprint density at radius 1 is 1.03 bits per heavy atom.